The third kappa shape index (κ3) is 4.04. The average molecular weight is 367 g/mol. The minimum Gasteiger partial charge on any atom is -0.336 e. The molecule has 0 saturated carbocycles. The molecule has 3 rings (SSSR count). The van der Waals surface area contributed by atoms with E-state index in [1.54, 1.807) is 28.0 Å². The van der Waals surface area contributed by atoms with Crippen LogP contribution in [0.15, 0.2) is 36.9 Å². The topological polar surface area (TPSA) is 54.3 Å². The van der Waals surface area contributed by atoms with Crippen molar-refractivity contribution in [3.63, 3.8) is 0 Å². The summed E-state index contributed by atoms with van der Waals surface area (Å²) in [4.78, 5) is 19.7. The molecule has 0 N–H and O–H groups in total. The molecule has 26 heavy (non-hydrogen) atoms. The summed E-state index contributed by atoms with van der Waals surface area (Å²) in [6.45, 7) is 2.53. The summed E-state index contributed by atoms with van der Waals surface area (Å²) in [5.74, 6) is -0.167. The van der Waals surface area contributed by atoms with Crippen molar-refractivity contribution in [1.82, 2.24) is 24.6 Å². The zero-order valence-electron chi connectivity index (χ0n) is 14.4. The van der Waals surface area contributed by atoms with Gasteiger partial charge in [-0.1, -0.05) is 18.2 Å². The van der Waals surface area contributed by atoms with Crippen LogP contribution < -0.4 is 0 Å². The molecule has 2 heterocycles. The van der Waals surface area contributed by atoms with Gasteiger partial charge in [0.05, 0.1) is 6.54 Å². The number of rotatable bonds is 4. The molecule has 1 saturated heterocycles. The number of benzene rings is 1. The first-order valence-corrected chi connectivity index (χ1v) is 8.36. The molecule has 1 aromatic heterocycles. The van der Waals surface area contributed by atoms with E-state index in [1.165, 1.54) is 11.2 Å². The van der Waals surface area contributed by atoms with E-state index in [-0.39, 0.29) is 32.1 Å². The van der Waals surface area contributed by atoms with Gasteiger partial charge in [0.1, 0.15) is 18.7 Å². The summed E-state index contributed by atoms with van der Waals surface area (Å²) < 4.78 is 40.2. The van der Waals surface area contributed by atoms with Crippen molar-refractivity contribution in [2.45, 2.75) is 25.7 Å². The van der Waals surface area contributed by atoms with Crippen molar-refractivity contribution in [2.75, 3.05) is 26.2 Å². The Hall–Kier alpha value is -2.42. The van der Waals surface area contributed by atoms with E-state index >= 15 is 0 Å². The second kappa shape index (κ2) is 7.45. The maximum absolute atomic E-state index is 12.9. The van der Waals surface area contributed by atoms with Crippen molar-refractivity contribution in [1.29, 1.82) is 0 Å². The number of carbonyl (C=O) groups excluding carboxylic acids is 1. The Morgan fingerprint density at radius 3 is 2.50 bits per heavy atom. The Morgan fingerprint density at radius 1 is 1.19 bits per heavy atom. The van der Waals surface area contributed by atoms with Crippen LogP contribution in [0.25, 0.3) is 0 Å². The highest BCUT2D eigenvalue weighted by Gasteiger charge is 2.41. The minimum atomic E-state index is -4.25. The normalized spacial score (nSPS) is 17.3. The summed E-state index contributed by atoms with van der Waals surface area (Å²) in [5.41, 5.74) is 1.34. The fourth-order valence-electron chi connectivity index (χ4n) is 3.05. The van der Waals surface area contributed by atoms with Gasteiger partial charge in [-0.15, -0.1) is 0 Å². The summed E-state index contributed by atoms with van der Waals surface area (Å²) in [5, 5.41) is 4.04. The molecule has 9 heteroatoms. The largest absolute Gasteiger partial charge is 0.403 e. The van der Waals surface area contributed by atoms with E-state index < -0.39 is 12.2 Å². The lowest BCUT2D eigenvalue weighted by atomic mass is 10.1. The van der Waals surface area contributed by atoms with Crippen LogP contribution in [0.5, 0.6) is 0 Å². The van der Waals surface area contributed by atoms with Gasteiger partial charge in [0, 0.05) is 31.7 Å². The van der Waals surface area contributed by atoms with Gasteiger partial charge in [-0.3, -0.25) is 9.69 Å². The fraction of sp³-hybridized carbons (Fsp3) is 0.471. The highest BCUT2D eigenvalue weighted by atomic mass is 19.4. The maximum atomic E-state index is 12.9. The zero-order chi connectivity index (χ0) is 18.7. The van der Waals surface area contributed by atoms with Crippen molar-refractivity contribution < 1.29 is 18.0 Å². The first-order valence-electron chi connectivity index (χ1n) is 8.36. The maximum Gasteiger partial charge on any atom is 0.403 e. The number of nitrogens with zero attached hydrogens (tertiary/aromatic N) is 5. The number of halogens is 3. The molecular weight excluding hydrogens is 347 g/mol. The zero-order valence-corrected chi connectivity index (χ0v) is 14.4. The van der Waals surface area contributed by atoms with Crippen molar-refractivity contribution in [2.24, 2.45) is 0 Å². The summed E-state index contributed by atoms with van der Waals surface area (Å²) in [6, 6.07) is 5.70. The molecule has 140 valence electrons. The van der Waals surface area contributed by atoms with Crippen LogP contribution in [0.2, 0.25) is 0 Å². The lowest BCUT2D eigenvalue weighted by Gasteiger charge is -2.38. The van der Waals surface area contributed by atoms with Gasteiger partial charge >= 0.3 is 6.18 Å². The third-order valence-electron chi connectivity index (χ3n) is 4.67. The first kappa shape index (κ1) is 18.4. The molecule has 6 nitrogen and oxygen atoms in total. The molecule has 1 atom stereocenters. The van der Waals surface area contributed by atoms with Crippen LogP contribution in [-0.4, -0.2) is 68.9 Å². The summed E-state index contributed by atoms with van der Waals surface area (Å²) >= 11 is 0. The van der Waals surface area contributed by atoms with Gasteiger partial charge in [-0.05, 0) is 18.6 Å². The SMILES string of the molecule is CC(N1CCN(C(=O)c2ccccc2Cn2cncn2)CC1)C(F)(F)F. The molecule has 2 aromatic rings. The first-order chi connectivity index (χ1) is 12.4. The molecular formula is C17H20F3N5O. The summed E-state index contributed by atoms with van der Waals surface area (Å²) in [6.07, 6.45) is -1.26. The molecule has 1 aliphatic rings. The van der Waals surface area contributed by atoms with Crippen LogP contribution in [0.3, 0.4) is 0 Å². The Morgan fingerprint density at radius 2 is 1.88 bits per heavy atom. The van der Waals surface area contributed by atoms with E-state index in [4.69, 9.17) is 0 Å². The van der Waals surface area contributed by atoms with E-state index in [1.807, 2.05) is 12.1 Å². The molecule has 1 aliphatic heterocycles. The van der Waals surface area contributed by atoms with E-state index in [2.05, 4.69) is 10.1 Å². The Balaban J connectivity index is 1.68. The second-order valence-corrected chi connectivity index (χ2v) is 6.30. The van der Waals surface area contributed by atoms with Crippen molar-refractivity contribution >= 4 is 5.91 Å². The van der Waals surface area contributed by atoms with Gasteiger partial charge in [0.25, 0.3) is 5.91 Å². The molecule has 1 aromatic carbocycles. The van der Waals surface area contributed by atoms with Crippen LogP contribution in [0.4, 0.5) is 13.2 Å². The Labute approximate surface area is 149 Å². The van der Waals surface area contributed by atoms with Crippen LogP contribution in [0, 0.1) is 0 Å². The molecule has 1 fully saturated rings. The van der Waals surface area contributed by atoms with E-state index in [0.29, 0.717) is 12.1 Å². The molecule has 0 aliphatic carbocycles. The van der Waals surface area contributed by atoms with Gasteiger partial charge in [-0.25, -0.2) is 9.67 Å². The fourth-order valence-corrected chi connectivity index (χ4v) is 3.05. The van der Waals surface area contributed by atoms with Gasteiger partial charge in [0.15, 0.2) is 0 Å². The molecule has 0 radical (unpaired) electrons. The van der Waals surface area contributed by atoms with E-state index in [9.17, 15) is 18.0 Å². The highest BCUT2D eigenvalue weighted by molar-refractivity contribution is 5.95. The minimum absolute atomic E-state index is 0.167. The molecule has 1 unspecified atom stereocenters. The lowest BCUT2D eigenvalue weighted by Crippen LogP contribution is -2.54. The average Bonchev–Trinajstić information content (AvgIpc) is 3.13. The van der Waals surface area contributed by atoms with Gasteiger partial charge in [-0.2, -0.15) is 18.3 Å². The van der Waals surface area contributed by atoms with Crippen molar-refractivity contribution in [3.05, 3.63) is 48.0 Å². The third-order valence-corrected chi connectivity index (χ3v) is 4.67. The number of piperazine rings is 1. The quantitative estimate of drug-likeness (QED) is 0.830. The number of hydrogen-bond acceptors (Lipinski definition) is 4. The van der Waals surface area contributed by atoms with Crippen LogP contribution in [-0.2, 0) is 6.54 Å². The predicted molar refractivity (Wildman–Crippen MR) is 88.6 cm³/mol. The number of carbonyl (C=O) groups is 1. The number of alkyl halides is 3. The molecule has 1 amide bonds. The molecule has 0 spiro atoms. The van der Waals surface area contributed by atoms with Crippen molar-refractivity contribution in [3.8, 4) is 0 Å². The van der Waals surface area contributed by atoms with Gasteiger partial charge < -0.3 is 4.90 Å². The predicted octanol–water partition coefficient (Wildman–Crippen LogP) is 2.04. The number of aromatic nitrogens is 3. The Kier molecular flexibility index (Phi) is 5.26. The number of hydrogen-bond donors (Lipinski definition) is 0. The lowest BCUT2D eigenvalue weighted by molar-refractivity contribution is -0.181. The summed E-state index contributed by atoms with van der Waals surface area (Å²) in [7, 11) is 0. The second-order valence-electron chi connectivity index (χ2n) is 6.30. The van der Waals surface area contributed by atoms with E-state index in [0.717, 1.165) is 12.5 Å². The highest BCUT2D eigenvalue weighted by Crippen LogP contribution is 2.25. The van der Waals surface area contributed by atoms with Gasteiger partial charge in [0.2, 0.25) is 0 Å². The Bertz CT molecular complexity index is 739. The van der Waals surface area contributed by atoms with Crippen LogP contribution >= 0.6 is 0 Å². The molecule has 0 bridgehead atoms. The monoisotopic (exact) mass is 367 g/mol. The number of amides is 1. The standard InChI is InChI=1S/C17H20F3N5O/c1-13(17(18,19)20)23-6-8-24(9-7-23)16(26)15-5-3-2-4-14(15)10-25-12-21-11-22-25/h2-5,11-13H,6-10H2,1H3. The van der Waals surface area contributed by atoms with Crippen LogP contribution in [0.1, 0.15) is 22.8 Å². The smallest absolute Gasteiger partial charge is 0.336 e.